The van der Waals surface area contributed by atoms with Gasteiger partial charge in [-0.15, -0.1) is 0 Å². The van der Waals surface area contributed by atoms with Crippen LogP contribution in [0.1, 0.15) is 46.1 Å². The number of nitrogens with zero attached hydrogens (tertiary/aromatic N) is 2. The average Bonchev–Trinajstić information content (AvgIpc) is 2.81. The van der Waals surface area contributed by atoms with E-state index in [-0.39, 0.29) is 17.9 Å². The maximum absolute atomic E-state index is 13.6. The molecule has 1 aliphatic heterocycles. The molecule has 0 bridgehead atoms. The molecule has 2 aromatic carbocycles. The number of amides is 1. The van der Waals surface area contributed by atoms with Crippen molar-refractivity contribution in [1.82, 2.24) is 15.2 Å². The van der Waals surface area contributed by atoms with Gasteiger partial charge in [-0.3, -0.25) is 14.7 Å². The number of carbonyl (C=O) groups excluding carboxylic acids is 1. The first kappa shape index (κ1) is 22.1. The number of likely N-dealkylation sites (tertiary alicyclic amines) is 1. The van der Waals surface area contributed by atoms with Crippen LogP contribution in [0.2, 0.25) is 0 Å². The molecule has 2 heterocycles. The lowest BCUT2D eigenvalue weighted by Crippen LogP contribution is -2.43. The summed E-state index contributed by atoms with van der Waals surface area (Å²) >= 11 is 0. The number of halogens is 2. The summed E-state index contributed by atoms with van der Waals surface area (Å²) in [4.78, 5) is 19.9. The zero-order valence-corrected chi connectivity index (χ0v) is 18.1. The Morgan fingerprint density at radius 2 is 1.94 bits per heavy atom. The minimum atomic E-state index is -0.834. The van der Waals surface area contributed by atoms with Gasteiger partial charge in [0, 0.05) is 24.8 Å². The lowest BCUT2D eigenvalue weighted by Gasteiger charge is -2.37. The number of hydrogen-bond donors (Lipinski definition) is 1. The molecule has 0 spiro atoms. The fraction of sp³-hybridized carbons (Fsp3) is 0.308. The van der Waals surface area contributed by atoms with Gasteiger partial charge in [-0.05, 0) is 73.7 Å². The van der Waals surface area contributed by atoms with Crippen LogP contribution in [-0.4, -0.2) is 28.9 Å². The van der Waals surface area contributed by atoms with E-state index in [1.54, 1.807) is 12.3 Å². The van der Waals surface area contributed by atoms with Crippen LogP contribution in [0.15, 0.2) is 66.9 Å². The van der Waals surface area contributed by atoms with Crippen LogP contribution in [0.25, 0.3) is 0 Å². The first-order chi connectivity index (χ1) is 15.5. The minimum Gasteiger partial charge on any atom is -0.343 e. The number of benzene rings is 2. The van der Waals surface area contributed by atoms with E-state index in [0.717, 1.165) is 42.8 Å². The third-order valence-corrected chi connectivity index (χ3v) is 6.09. The molecule has 1 N–H and O–H groups in total. The third-order valence-electron chi connectivity index (χ3n) is 6.09. The lowest BCUT2D eigenvalue weighted by atomic mass is 9.88. The van der Waals surface area contributed by atoms with E-state index in [1.165, 1.54) is 12.1 Å². The molecule has 32 heavy (non-hydrogen) atoms. The van der Waals surface area contributed by atoms with Crippen molar-refractivity contribution in [3.63, 3.8) is 0 Å². The summed E-state index contributed by atoms with van der Waals surface area (Å²) in [6, 6.07) is 17.1. The SMILES string of the molecule is Cc1ccccc1C(=O)N[C@H](c1ccccn1)[C@H]1CCCN(Cc2ccc(F)c(F)c2)C1. The third kappa shape index (κ3) is 5.19. The molecule has 1 saturated heterocycles. The van der Waals surface area contributed by atoms with E-state index >= 15 is 0 Å². The number of piperidine rings is 1. The number of pyridine rings is 1. The number of hydrogen-bond acceptors (Lipinski definition) is 3. The summed E-state index contributed by atoms with van der Waals surface area (Å²) in [6.45, 7) is 4.06. The van der Waals surface area contributed by atoms with E-state index in [4.69, 9.17) is 0 Å². The zero-order chi connectivity index (χ0) is 22.5. The van der Waals surface area contributed by atoms with Crippen LogP contribution in [-0.2, 0) is 6.54 Å². The number of carbonyl (C=O) groups is 1. The predicted molar refractivity (Wildman–Crippen MR) is 120 cm³/mol. The standard InChI is InChI=1S/C26H27F2N3O/c1-18-7-2-3-9-21(18)26(32)30-25(24-10-4-5-13-29-24)20-8-6-14-31(17-20)16-19-11-12-22(27)23(28)15-19/h2-5,7,9-13,15,20,25H,6,8,14,16-17H2,1H3,(H,30,32)/t20-,25-/m0/s1. The van der Waals surface area contributed by atoms with Gasteiger partial charge in [0.2, 0.25) is 0 Å². The van der Waals surface area contributed by atoms with Crippen molar-refractivity contribution in [1.29, 1.82) is 0 Å². The second kappa shape index (κ2) is 10.0. The van der Waals surface area contributed by atoms with Crippen LogP contribution in [0, 0.1) is 24.5 Å². The highest BCUT2D eigenvalue weighted by Gasteiger charge is 2.31. The van der Waals surface area contributed by atoms with Gasteiger partial charge >= 0.3 is 0 Å². The fourth-order valence-electron chi connectivity index (χ4n) is 4.44. The molecule has 4 nitrogen and oxygen atoms in total. The quantitative estimate of drug-likeness (QED) is 0.589. The second-order valence-corrected chi connectivity index (χ2v) is 8.41. The normalized spacial score (nSPS) is 17.7. The Hall–Kier alpha value is -3.12. The van der Waals surface area contributed by atoms with Gasteiger partial charge in [-0.25, -0.2) is 8.78 Å². The number of aryl methyl sites for hydroxylation is 1. The van der Waals surface area contributed by atoms with Crippen molar-refractivity contribution >= 4 is 5.91 Å². The molecule has 0 radical (unpaired) electrons. The van der Waals surface area contributed by atoms with Crippen molar-refractivity contribution in [3.05, 3.63) is 101 Å². The van der Waals surface area contributed by atoms with E-state index in [1.807, 2.05) is 49.4 Å². The van der Waals surface area contributed by atoms with Gasteiger partial charge in [-0.1, -0.05) is 30.3 Å². The minimum absolute atomic E-state index is 0.114. The van der Waals surface area contributed by atoms with Crippen LogP contribution in [0.3, 0.4) is 0 Å². The Balaban J connectivity index is 1.53. The molecule has 0 aliphatic carbocycles. The second-order valence-electron chi connectivity index (χ2n) is 8.41. The van der Waals surface area contributed by atoms with Gasteiger partial charge in [0.05, 0.1) is 11.7 Å². The smallest absolute Gasteiger partial charge is 0.252 e. The van der Waals surface area contributed by atoms with Crippen molar-refractivity contribution < 1.29 is 13.6 Å². The largest absolute Gasteiger partial charge is 0.343 e. The maximum Gasteiger partial charge on any atom is 0.252 e. The molecule has 0 saturated carbocycles. The Morgan fingerprint density at radius 3 is 2.69 bits per heavy atom. The molecule has 166 valence electrons. The monoisotopic (exact) mass is 435 g/mol. The van der Waals surface area contributed by atoms with Crippen LogP contribution >= 0.6 is 0 Å². The molecule has 2 atom stereocenters. The Bertz CT molecular complexity index is 1070. The highest BCUT2D eigenvalue weighted by molar-refractivity contribution is 5.95. The summed E-state index contributed by atoms with van der Waals surface area (Å²) in [5.74, 6) is -1.62. The molecule has 1 amide bonds. The van der Waals surface area contributed by atoms with E-state index in [0.29, 0.717) is 12.1 Å². The van der Waals surface area contributed by atoms with Gasteiger partial charge in [0.25, 0.3) is 5.91 Å². The van der Waals surface area contributed by atoms with Gasteiger partial charge in [0.1, 0.15) is 0 Å². The Kier molecular flexibility index (Phi) is 6.90. The highest BCUT2D eigenvalue weighted by Crippen LogP contribution is 2.30. The van der Waals surface area contributed by atoms with Gasteiger partial charge in [0.15, 0.2) is 11.6 Å². The van der Waals surface area contributed by atoms with Crippen LogP contribution < -0.4 is 5.32 Å². The first-order valence-electron chi connectivity index (χ1n) is 10.9. The number of aromatic nitrogens is 1. The molecule has 6 heteroatoms. The summed E-state index contributed by atoms with van der Waals surface area (Å²) in [5.41, 5.74) is 3.15. The molecule has 1 aliphatic rings. The summed E-state index contributed by atoms with van der Waals surface area (Å²) < 4.78 is 26.9. The number of rotatable bonds is 6. The van der Waals surface area contributed by atoms with Crippen molar-refractivity contribution in [2.24, 2.45) is 5.92 Å². The highest BCUT2D eigenvalue weighted by atomic mass is 19.2. The van der Waals surface area contributed by atoms with Crippen molar-refractivity contribution in [2.75, 3.05) is 13.1 Å². The molecule has 1 fully saturated rings. The molecule has 3 aromatic rings. The summed E-state index contributed by atoms with van der Waals surface area (Å²) in [7, 11) is 0. The molecule has 4 rings (SSSR count). The van der Waals surface area contributed by atoms with E-state index in [9.17, 15) is 13.6 Å². The average molecular weight is 436 g/mol. The van der Waals surface area contributed by atoms with Crippen LogP contribution in [0.4, 0.5) is 8.78 Å². The topological polar surface area (TPSA) is 45.2 Å². The summed E-state index contributed by atoms with van der Waals surface area (Å²) in [6.07, 6.45) is 3.64. The van der Waals surface area contributed by atoms with Crippen molar-refractivity contribution in [3.8, 4) is 0 Å². The fourth-order valence-corrected chi connectivity index (χ4v) is 4.44. The van der Waals surface area contributed by atoms with Crippen molar-refractivity contribution in [2.45, 2.75) is 32.4 Å². The predicted octanol–water partition coefficient (Wildman–Crippen LogP) is 5.05. The molecule has 1 aromatic heterocycles. The molecular weight excluding hydrogens is 408 g/mol. The number of nitrogens with one attached hydrogen (secondary N) is 1. The molecular formula is C26H27F2N3O. The first-order valence-corrected chi connectivity index (χ1v) is 10.9. The lowest BCUT2D eigenvalue weighted by molar-refractivity contribution is 0.0874. The summed E-state index contributed by atoms with van der Waals surface area (Å²) in [5, 5.41) is 3.22. The Morgan fingerprint density at radius 1 is 1.12 bits per heavy atom. The van der Waals surface area contributed by atoms with E-state index in [2.05, 4.69) is 15.2 Å². The van der Waals surface area contributed by atoms with E-state index < -0.39 is 11.6 Å². The van der Waals surface area contributed by atoms with Gasteiger partial charge in [-0.2, -0.15) is 0 Å². The zero-order valence-electron chi connectivity index (χ0n) is 18.1. The molecule has 0 unspecified atom stereocenters. The van der Waals surface area contributed by atoms with Gasteiger partial charge < -0.3 is 5.32 Å². The van der Waals surface area contributed by atoms with Crippen LogP contribution in [0.5, 0.6) is 0 Å². The maximum atomic E-state index is 13.6. The Labute approximate surface area is 187 Å².